The minimum Gasteiger partial charge on any atom is -0.724 e. The summed E-state index contributed by atoms with van der Waals surface area (Å²) in [5.41, 5.74) is 13.4. The molecule has 0 saturated heterocycles. The number of urea groups is 1. The molecule has 136 valence electrons. The number of aliphatic hydroxyl groups excluding tert-OH is 1. The molecule has 3 amide bonds. The number of hydrogen-bond donors (Lipinski definition) is 3. The summed E-state index contributed by atoms with van der Waals surface area (Å²) in [5, 5.41) is 22.5. The van der Waals surface area contributed by atoms with Crippen LogP contribution in [0.4, 0.5) is 15.5 Å². The molecule has 0 unspecified atom stereocenters. The Morgan fingerprint density at radius 2 is 1.88 bits per heavy atom. The van der Waals surface area contributed by atoms with E-state index in [1.165, 1.54) is 0 Å². The quantitative estimate of drug-likeness (QED) is 0.297. The minimum atomic E-state index is -1.17. The Balaban J connectivity index is -0.000000267. The van der Waals surface area contributed by atoms with Crippen molar-refractivity contribution in [2.24, 2.45) is 0 Å². The van der Waals surface area contributed by atoms with Crippen LogP contribution >= 0.6 is 0 Å². The number of rotatable bonds is 4. The number of nitrogens with zero attached hydrogens (tertiary/aromatic N) is 3. The first kappa shape index (κ1) is 32.0. The van der Waals surface area contributed by atoms with Crippen molar-refractivity contribution in [3.8, 4) is 6.26 Å². The number of carbonyl (C=O) groups excluding carboxylic acids is 3. The number of anilines is 1. The van der Waals surface area contributed by atoms with Crippen LogP contribution in [0.3, 0.4) is 0 Å². The van der Waals surface area contributed by atoms with Crippen molar-refractivity contribution in [3.63, 3.8) is 0 Å². The van der Waals surface area contributed by atoms with Gasteiger partial charge in [-0.3, -0.25) is 19.2 Å². The second-order valence-electron chi connectivity index (χ2n) is 3.51. The average Bonchev–Trinajstić information content (AvgIpc) is 2.42. The molecule has 0 fully saturated rings. The Bertz CT molecular complexity index is 697. The SMILES string of the molecule is Cc1nc(NC([NH-])=O)[nH]c(=O)c1CCOC([NH-])=O.N#CO.[N-]=C=O.[Y].[Y]. The number of H-pyrrole nitrogens is 1. The molecule has 0 atom stereocenters. The fourth-order valence-electron chi connectivity index (χ4n) is 1.32. The molecule has 0 saturated carbocycles. The fraction of sp³-hybridized carbons (Fsp3) is 0.273. The van der Waals surface area contributed by atoms with Gasteiger partial charge in [0.15, 0.2) is 6.03 Å². The van der Waals surface area contributed by atoms with Crippen molar-refractivity contribution < 1.29 is 89.6 Å². The van der Waals surface area contributed by atoms with Crippen molar-refractivity contribution in [1.29, 1.82) is 5.26 Å². The summed E-state index contributed by atoms with van der Waals surface area (Å²) in [4.78, 5) is 46.8. The van der Waals surface area contributed by atoms with Gasteiger partial charge in [-0.15, -0.1) is 0 Å². The van der Waals surface area contributed by atoms with Crippen LogP contribution in [0.5, 0.6) is 0 Å². The van der Waals surface area contributed by atoms with Gasteiger partial charge >= 0.3 is 0 Å². The van der Waals surface area contributed by atoms with Gasteiger partial charge in [0.2, 0.25) is 6.09 Å². The van der Waals surface area contributed by atoms with Gasteiger partial charge in [0.1, 0.15) is 5.95 Å². The number of ether oxygens (including phenoxy) is 1. The molecule has 0 aliphatic carbocycles. The summed E-state index contributed by atoms with van der Waals surface area (Å²) in [6.07, 6.45) is 0.198. The van der Waals surface area contributed by atoms with Crippen LogP contribution in [0, 0.1) is 18.4 Å². The molecule has 1 heterocycles. The number of amides is 3. The van der Waals surface area contributed by atoms with Crippen LogP contribution in [0.1, 0.15) is 11.3 Å². The Labute approximate surface area is 197 Å². The molecule has 0 aliphatic rings. The number of aliphatic hydroxyl groups is 1. The number of aromatic amines is 1. The third-order valence-electron chi connectivity index (χ3n) is 2.04. The van der Waals surface area contributed by atoms with E-state index in [4.69, 9.17) is 32.0 Å². The molecule has 5 N–H and O–H groups in total. The van der Waals surface area contributed by atoms with E-state index in [0.717, 1.165) is 6.26 Å². The standard InChI is InChI=1S/C9H13N5O4.CHNO.CNO.2Y/c1-4-5(2-3-18-8(11)17)6(15)13-9(12-4)14-7(10)16;2*2-1-3;;/h2-3H2,1H3,(H6,10,11,12,13,14,15,16,17);3H;;;/q;;-1;;/p-2. The maximum absolute atomic E-state index is 11.6. The topological polar surface area (TPSA) is 232 Å². The monoisotopic (exact) mass is 516 g/mol. The van der Waals surface area contributed by atoms with Gasteiger partial charge in [-0.05, 0) is 13.0 Å². The predicted octanol–water partition coefficient (Wildman–Crippen LogP) is 1.12. The minimum absolute atomic E-state index is 0. The Kier molecular flexibility index (Phi) is 24.2. The smallest absolute Gasteiger partial charge is 0.283 e. The van der Waals surface area contributed by atoms with Gasteiger partial charge in [0.05, 0.1) is 6.61 Å². The Hall–Kier alpha value is -1.70. The molecule has 26 heavy (non-hydrogen) atoms. The van der Waals surface area contributed by atoms with E-state index in [1.807, 2.05) is 5.32 Å². The summed E-state index contributed by atoms with van der Waals surface area (Å²) in [7, 11) is 0. The molecule has 0 aliphatic heterocycles. The Morgan fingerprint density at radius 3 is 2.23 bits per heavy atom. The number of isocyanates is 1. The van der Waals surface area contributed by atoms with Crippen molar-refractivity contribution in [2.45, 2.75) is 13.3 Å². The van der Waals surface area contributed by atoms with Gasteiger partial charge in [0, 0.05) is 83.1 Å². The number of nitriles is 1. The average molecular weight is 516 g/mol. The number of hydrogen-bond acceptors (Lipinski definition) is 8. The first-order valence-corrected chi connectivity index (χ1v) is 5.78. The van der Waals surface area contributed by atoms with Crippen molar-refractivity contribution in [1.82, 2.24) is 9.97 Å². The summed E-state index contributed by atoms with van der Waals surface area (Å²) in [6, 6.07) is -1.09. The predicted molar refractivity (Wildman–Crippen MR) is 78.9 cm³/mol. The molecule has 0 bridgehead atoms. The largest absolute Gasteiger partial charge is 0.724 e. The second-order valence-corrected chi connectivity index (χ2v) is 3.51. The molecule has 1 aromatic heterocycles. The van der Waals surface area contributed by atoms with E-state index in [2.05, 4.69) is 14.7 Å². The first-order valence-electron chi connectivity index (χ1n) is 5.78. The van der Waals surface area contributed by atoms with Crippen LogP contribution in [0.2, 0.25) is 0 Å². The molecule has 15 heteroatoms. The van der Waals surface area contributed by atoms with E-state index in [1.54, 1.807) is 6.92 Å². The second kappa shape index (κ2) is 19.6. The maximum Gasteiger partial charge on any atom is 0.283 e. The number of aromatic nitrogens is 2. The summed E-state index contributed by atoms with van der Waals surface area (Å²) in [5.74, 6) is -0.112. The van der Waals surface area contributed by atoms with E-state index in [0.29, 0.717) is 17.3 Å². The molecule has 1 rings (SSSR count). The molecule has 13 nitrogen and oxygen atoms in total. The van der Waals surface area contributed by atoms with Gasteiger partial charge < -0.3 is 37.0 Å². The third-order valence-corrected chi connectivity index (χ3v) is 2.04. The zero-order chi connectivity index (χ0) is 19.1. The van der Waals surface area contributed by atoms with Crippen molar-refractivity contribution in [3.05, 3.63) is 38.5 Å². The molecule has 0 spiro atoms. The zero-order valence-electron chi connectivity index (χ0n) is 13.4. The molecular formula is C11H12N7O6Y2-3. The summed E-state index contributed by atoms with van der Waals surface area (Å²) in [6.45, 7) is 1.45. The normalized spacial score (nSPS) is 7.38. The zero-order valence-corrected chi connectivity index (χ0v) is 19.1. The van der Waals surface area contributed by atoms with Crippen LogP contribution in [0.25, 0.3) is 16.9 Å². The fourth-order valence-corrected chi connectivity index (χ4v) is 1.32. The van der Waals surface area contributed by atoms with Gasteiger partial charge in [-0.2, -0.15) is 5.26 Å². The van der Waals surface area contributed by atoms with E-state index < -0.39 is 17.7 Å². The van der Waals surface area contributed by atoms with Crippen LogP contribution in [-0.4, -0.2) is 39.9 Å². The molecule has 1 aromatic rings. The van der Waals surface area contributed by atoms with Crippen LogP contribution in [-0.2, 0) is 81.4 Å². The molecule has 2 radical (unpaired) electrons. The third kappa shape index (κ3) is 17.1. The van der Waals surface area contributed by atoms with Crippen molar-refractivity contribution >= 4 is 24.2 Å². The van der Waals surface area contributed by atoms with Gasteiger partial charge in [0.25, 0.3) is 11.8 Å². The number of aryl methyl sites for hydroxylation is 1. The van der Waals surface area contributed by atoms with Gasteiger partial charge in [-0.1, -0.05) is 0 Å². The van der Waals surface area contributed by atoms with E-state index >= 15 is 0 Å². The first-order chi connectivity index (χ1) is 11.2. The number of nitrogens with one attached hydrogen (secondary N) is 4. The summed E-state index contributed by atoms with van der Waals surface area (Å²) < 4.78 is 4.40. The van der Waals surface area contributed by atoms with Gasteiger partial charge in [-0.25, -0.2) is 4.98 Å². The van der Waals surface area contributed by atoms with E-state index in [9.17, 15) is 14.4 Å². The van der Waals surface area contributed by atoms with E-state index in [-0.39, 0.29) is 84.4 Å². The summed E-state index contributed by atoms with van der Waals surface area (Å²) >= 11 is 0. The van der Waals surface area contributed by atoms with Crippen molar-refractivity contribution in [2.75, 3.05) is 11.9 Å². The Morgan fingerprint density at radius 1 is 1.42 bits per heavy atom. The number of carbonyl (C=O) groups is 2. The molecular weight excluding hydrogens is 504 g/mol. The van der Waals surface area contributed by atoms with Crippen LogP contribution < -0.4 is 10.9 Å². The van der Waals surface area contributed by atoms with Crippen LogP contribution in [0.15, 0.2) is 4.79 Å². The maximum atomic E-state index is 11.6. The molecule has 0 aromatic carbocycles.